The number of carbonyl (C=O) groups is 1. The van der Waals surface area contributed by atoms with E-state index in [4.69, 9.17) is 20.8 Å². The molecule has 0 N–H and O–H groups in total. The number of halogens is 1. The fraction of sp³-hybridized carbons (Fsp3) is 0.158. The van der Waals surface area contributed by atoms with Gasteiger partial charge in [0, 0.05) is 6.07 Å². The topological polar surface area (TPSA) is 56.5 Å². The molecule has 0 bridgehead atoms. The van der Waals surface area contributed by atoms with Gasteiger partial charge in [-0.2, -0.15) is 0 Å². The van der Waals surface area contributed by atoms with Gasteiger partial charge in [-0.05, 0) is 31.5 Å². The van der Waals surface area contributed by atoms with E-state index in [0.717, 1.165) is 5.56 Å². The van der Waals surface area contributed by atoms with Crippen molar-refractivity contribution in [3.05, 3.63) is 64.5 Å². The minimum atomic E-state index is -0.755. The summed E-state index contributed by atoms with van der Waals surface area (Å²) in [5.74, 6) is 0.235. The van der Waals surface area contributed by atoms with Crippen LogP contribution in [0.15, 0.2) is 57.7 Å². The molecule has 122 valence electrons. The second-order valence-electron chi connectivity index (χ2n) is 5.42. The van der Waals surface area contributed by atoms with Crippen LogP contribution in [0.3, 0.4) is 0 Å². The summed E-state index contributed by atoms with van der Waals surface area (Å²) in [7, 11) is 0. The van der Waals surface area contributed by atoms with Gasteiger partial charge in [0.25, 0.3) is 0 Å². The van der Waals surface area contributed by atoms with E-state index in [2.05, 4.69) is 0 Å². The van der Waals surface area contributed by atoms with E-state index in [1.54, 1.807) is 19.1 Å². The summed E-state index contributed by atoms with van der Waals surface area (Å²) in [4.78, 5) is 24.4. The SMILES string of the molecule is Cc1oc2cc(OC(=O)C(C)Cl)ccc2c(=O)c1-c1ccccc1. The van der Waals surface area contributed by atoms with Gasteiger partial charge in [0.2, 0.25) is 5.43 Å². The third-order valence-corrected chi connectivity index (χ3v) is 3.82. The molecule has 0 saturated carbocycles. The lowest BCUT2D eigenvalue weighted by Crippen LogP contribution is -2.17. The molecular weight excluding hydrogens is 328 g/mol. The minimum absolute atomic E-state index is 0.122. The summed E-state index contributed by atoms with van der Waals surface area (Å²) in [6, 6.07) is 14.0. The zero-order chi connectivity index (χ0) is 17.3. The number of hydrogen-bond acceptors (Lipinski definition) is 4. The molecule has 0 spiro atoms. The number of aryl methyl sites for hydroxylation is 1. The fourth-order valence-electron chi connectivity index (χ4n) is 2.49. The van der Waals surface area contributed by atoms with Gasteiger partial charge >= 0.3 is 5.97 Å². The van der Waals surface area contributed by atoms with Crippen LogP contribution in [0.5, 0.6) is 5.75 Å². The second kappa shape index (κ2) is 6.49. The molecule has 0 aliphatic heterocycles. The molecule has 4 nitrogen and oxygen atoms in total. The molecule has 0 aliphatic carbocycles. The Hall–Kier alpha value is -2.59. The van der Waals surface area contributed by atoms with Gasteiger partial charge < -0.3 is 9.15 Å². The van der Waals surface area contributed by atoms with Crippen LogP contribution in [-0.2, 0) is 4.79 Å². The summed E-state index contributed by atoms with van der Waals surface area (Å²) in [6.45, 7) is 3.27. The number of alkyl halides is 1. The van der Waals surface area contributed by atoms with Crippen LogP contribution in [-0.4, -0.2) is 11.3 Å². The molecule has 1 atom stereocenters. The zero-order valence-electron chi connectivity index (χ0n) is 13.2. The van der Waals surface area contributed by atoms with Gasteiger partial charge in [0.15, 0.2) is 0 Å². The summed E-state index contributed by atoms with van der Waals surface area (Å²) >= 11 is 5.69. The molecule has 0 radical (unpaired) electrons. The number of rotatable bonds is 3. The molecule has 1 unspecified atom stereocenters. The summed E-state index contributed by atoms with van der Waals surface area (Å²) in [5, 5.41) is -0.326. The lowest BCUT2D eigenvalue weighted by molar-refractivity contribution is -0.133. The summed E-state index contributed by atoms with van der Waals surface area (Å²) < 4.78 is 10.9. The maximum atomic E-state index is 12.8. The molecule has 3 rings (SSSR count). The van der Waals surface area contributed by atoms with Crippen molar-refractivity contribution in [3.63, 3.8) is 0 Å². The molecule has 0 amide bonds. The Morgan fingerprint density at radius 2 is 1.88 bits per heavy atom. The van der Waals surface area contributed by atoms with Crippen LogP contribution in [0.25, 0.3) is 22.1 Å². The van der Waals surface area contributed by atoms with Crippen molar-refractivity contribution in [2.24, 2.45) is 0 Å². The standard InChI is InChI=1S/C19H15ClO4/c1-11(20)19(22)24-14-8-9-15-16(10-14)23-12(2)17(18(15)21)13-6-4-3-5-7-13/h3-11H,1-2H3. The average molecular weight is 343 g/mol. The quantitative estimate of drug-likeness (QED) is 0.404. The van der Waals surface area contributed by atoms with Gasteiger partial charge in [-0.15, -0.1) is 11.6 Å². The Labute approximate surface area is 143 Å². The predicted molar refractivity (Wildman–Crippen MR) is 93.6 cm³/mol. The van der Waals surface area contributed by atoms with Crippen molar-refractivity contribution in [1.29, 1.82) is 0 Å². The Balaban J connectivity index is 2.11. The van der Waals surface area contributed by atoms with Crippen LogP contribution >= 0.6 is 11.6 Å². The van der Waals surface area contributed by atoms with Gasteiger partial charge in [0.1, 0.15) is 22.5 Å². The van der Waals surface area contributed by atoms with Crippen molar-refractivity contribution in [2.75, 3.05) is 0 Å². The van der Waals surface area contributed by atoms with E-state index in [1.165, 1.54) is 13.0 Å². The van der Waals surface area contributed by atoms with Crippen LogP contribution < -0.4 is 10.2 Å². The highest BCUT2D eigenvalue weighted by Crippen LogP contribution is 2.26. The molecular formula is C19H15ClO4. The van der Waals surface area contributed by atoms with Gasteiger partial charge in [0.05, 0.1) is 10.9 Å². The Morgan fingerprint density at radius 1 is 1.17 bits per heavy atom. The van der Waals surface area contributed by atoms with Crippen molar-refractivity contribution in [3.8, 4) is 16.9 Å². The van der Waals surface area contributed by atoms with E-state index in [1.807, 2.05) is 30.3 Å². The van der Waals surface area contributed by atoms with Crippen LogP contribution in [0.2, 0.25) is 0 Å². The zero-order valence-corrected chi connectivity index (χ0v) is 14.0. The van der Waals surface area contributed by atoms with E-state index in [9.17, 15) is 9.59 Å². The molecule has 0 saturated heterocycles. The lowest BCUT2D eigenvalue weighted by Gasteiger charge is -2.09. The molecule has 1 heterocycles. The highest BCUT2D eigenvalue weighted by atomic mass is 35.5. The summed E-state index contributed by atoms with van der Waals surface area (Å²) in [6.07, 6.45) is 0. The Kier molecular flexibility index (Phi) is 4.40. The maximum Gasteiger partial charge on any atom is 0.329 e. The molecule has 2 aromatic carbocycles. The van der Waals surface area contributed by atoms with Gasteiger partial charge in [-0.25, -0.2) is 0 Å². The van der Waals surface area contributed by atoms with Crippen molar-refractivity contribution >= 4 is 28.5 Å². The number of benzene rings is 2. The monoisotopic (exact) mass is 342 g/mol. The van der Waals surface area contributed by atoms with Crippen LogP contribution in [0, 0.1) is 6.92 Å². The Morgan fingerprint density at radius 3 is 2.54 bits per heavy atom. The fourth-order valence-corrected chi connectivity index (χ4v) is 2.53. The lowest BCUT2D eigenvalue weighted by atomic mass is 10.0. The molecule has 1 aromatic heterocycles. The average Bonchev–Trinajstić information content (AvgIpc) is 2.55. The largest absolute Gasteiger partial charge is 0.460 e. The molecule has 24 heavy (non-hydrogen) atoms. The number of ether oxygens (including phenoxy) is 1. The van der Waals surface area contributed by atoms with Crippen LogP contribution in [0.1, 0.15) is 12.7 Å². The Bertz CT molecular complexity index is 958. The first-order valence-corrected chi connectivity index (χ1v) is 7.89. The highest BCUT2D eigenvalue weighted by molar-refractivity contribution is 6.29. The molecule has 5 heteroatoms. The van der Waals surface area contributed by atoms with E-state index < -0.39 is 11.3 Å². The first-order chi connectivity index (χ1) is 11.5. The van der Waals surface area contributed by atoms with Gasteiger partial charge in [-0.3, -0.25) is 9.59 Å². The molecule has 0 aliphatic rings. The third kappa shape index (κ3) is 3.05. The van der Waals surface area contributed by atoms with Gasteiger partial charge in [-0.1, -0.05) is 30.3 Å². The second-order valence-corrected chi connectivity index (χ2v) is 6.08. The smallest absolute Gasteiger partial charge is 0.329 e. The van der Waals surface area contributed by atoms with E-state index in [0.29, 0.717) is 22.3 Å². The first kappa shape index (κ1) is 16.3. The number of carbonyl (C=O) groups excluding carboxylic acids is 1. The first-order valence-electron chi connectivity index (χ1n) is 7.46. The summed E-state index contributed by atoms with van der Waals surface area (Å²) in [5.41, 5.74) is 1.58. The third-order valence-electron chi connectivity index (χ3n) is 3.65. The normalized spacial score (nSPS) is 12.1. The highest BCUT2D eigenvalue weighted by Gasteiger charge is 2.16. The van der Waals surface area contributed by atoms with Crippen molar-refractivity contribution in [2.45, 2.75) is 19.2 Å². The number of fused-ring (bicyclic) bond motifs is 1. The molecule has 0 fully saturated rings. The number of esters is 1. The van der Waals surface area contributed by atoms with Crippen LogP contribution in [0.4, 0.5) is 0 Å². The minimum Gasteiger partial charge on any atom is -0.460 e. The van der Waals surface area contributed by atoms with E-state index in [-0.39, 0.29) is 11.2 Å². The van der Waals surface area contributed by atoms with Crippen molar-refractivity contribution < 1.29 is 13.9 Å². The number of hydrogen-bond donors (Lipinski definition) is 0. The predicted octanol–water partition coefficient (Wildman–Crippen LogP) is 4.30. The van der Waals surface area contributed by atoms with E-state index >= 15 is 0 Å². The molecule has 3 aromatic rings. The maximum absolute atomic E-state index is 12.8. The van der Waals surface area contributed by atoms with Crippen molar-refractivity contribution in [1.82, 2.24) is 0 Å².